The summed E-state index contributed by atoms with van der Waals surface area (Å²) in [5.41, 5.74) is 2.72. The van der Waals surface area contributed by atoms with Crippen LogP contribution in [0.15, 0.2) is 67.0 Å². The van der Waals surface area contributed by atoms with Gasteiger partial charge in [0.25, 0.3) is 11.7 Å². The Kier molecular flexibility index (Phi) is 4.13. The fourth-order valence-corrected chi connectivity index (χ4v) is 3.21. The summed E-state index contributed by atoms with van der Waals surface area (Å²) in [6, 6.07) is 16.0. The Labute approximate surface area is 166 Å². The van der Waals surface area contributed by atoms with Crippen LogP contribution in [0.5, 0.6) is 0 Å². The molecule has 1 aliphatic rings. The number of amides is 1. The number of fused-ring (bicyclic) bond motifs is 1. The second-order valence-electron chi connectivity index (χ2n) is 7.06. The predicted octanol–water partition coefficient (Wildman–Crippen LogP) is 3.64. The van der Waals surface area contributed by atoms with E-state index in [0.29, 0.717) is 28.4 Å². The lowest BCUT2D eigenvalue weighted by Crippen LogP contribution is -2.12. The van der Waals surface area contributed by atoms with Crippen LogP contribution in [-0.2, 0) is 0 Å². The standard InChI is InChI=1S/C22H17N5O2/c28-19(14-2-3-14)15-8-10-18(11-9-15)24-21(29)17-6-4-16(5-7-17)20-25-26-22-23-12-1-13-27(20)22/h1,4-14H,2-3H2,(H,24,29). The van der Waals surface area contributed by atoms with Crippen LogP contribution >= 0.6 is 0 Å². The maximum Gasteiger partial charge on any atom is 0.255 e. The summed E-state index contributed by atoms with van der Waals surface area (Å²) in [5, 5.41) is 11.1. The van der Waals surface area contributed by atoms with Gasteiger partial charge in [0.1, 0.15) is 0 Å². The molecule has 1 aliphatic carbocycles. The number of carbonyl (C=O) groups excluding carboxylic acids is 2. The van der Waals surface area contributed by atoms with E-state index in [4.69, 9.17) is 0 Å². The lowest BCUT2D eigenvalue weighted by molar-refractivity contribution is 0.0967. The van der Waals surface area contributed by atoms with Crippen molar-refractivity contribution in [1.29, 1.82) is 0 Å². The van der Waals surface area contributed by atoms with Gasteiger partial charge >= 0.3 is 0 Å². The maximum atomic E-state index is 12.5. The average Bonchev–Trinajstić information content (AvgIpc) is 3.53. The van der Waals surface area contributed by atoms with Crippen LogP contribution < -0.4 is 5.32 Å². The van der Waals surface area contributed by atoms with Gasteiger partial charge in [-0.3, -0.25) is 14.0 Å². The third-order valence-electron chi connectivity index (χ3n) is 4.97. The van der Waals surface area contributed by atoms with E-state index >= 15 is 0 Å². The highest BCUT2D eigenvalue weighted by molar-refractivity contribution is 6.05. The van der Waals surface area contributed by atoms with E-state index in [1.165, 1.54) is 0 Å². The number of rotatable bonds is 5. The molecule has 29 heavy (non-hydrogen) atoms. The van der Waals surface area contributed by atoms with Crippen LogP contribution in [0.1, 0.15) is 33.6 Å². The number of nitrogens with one attached hydrogen (secondary N) is 1. The van der Waals surface area contributed by atoms with E-state index in [2.05, 4.69) is 20.5 Å². The van der Waals surface area contributed by atoms with Gasteiger partial charge < -0.3 is 5.32 Å². The van der Waals surface area contributed by atoms with Crippen LogP contribution in [0.2, 0.25) is 0 Å². The average molecular weight is 383 g/mol. The van der Waals surface area contributed by atoms with E-state index < -0.39 is 0 Å². The quantitative estimate of drug-likeness (QED) is 0.532. The van der Waals surface area contributed by atoms with Crippen LogP contribution in [-0.4, -0.2) is 31.3 Å². The molecule has 7 nitrogen and oxygen atoms in total. The Morgan fingerprint density at radius 1 is 0.931 bits per heavy atom. The van der Waals surface area contributed by atoms with Gasteiger partial charge in [-0.25, -0.2) is 4.98 Å². The van der Waals surface area contributed by atoms with Crippen molar-refractivity contribution in [3.05, 3.63) is 78.1 Å². The Morgan fingerprint density at radius 3 is 2.38 bits per heavy atom. The number of Topliss-reactive ketones (excluding diaryl/α,β-unsaturated/α-hetero) is 1. The first-order valence-electron chi connectivity index (χ1n) is 9.41. The van der Waals surface area contributed by atoms with Gasteiger partial charge in [0.2, 0.25) is 0 Å². The molecule has 2 aromatic carbocycles. The van der Waals surface area contributed by atoms with E-state index in [1.54, 1.807) is 47.0 Å². The first-order chi connectivity index (χ1) is 14.2. The normalized spacial score (nSPS) is 13.4. The number of carbonyl (C=O) groups is 2. The summed E-state index contributed by atoms with van der Waals surface area (Å²) in [5.74, 6) is 1.34. The highest BCUT2D eigenvalue weighted by Crippen LogP contribution is 2.32. The molecule has 5 rings (SSSR count). The van der Waals surface area contributed by atoms with Gasteiger partial charge in [0.05, 0.1) is 0 Å². The third kappa shape index (κ3) is 3.38. The van der Waals surface area contributed by atoms with Crippen LogP contribution in [0.25, 0.3) is 17.2 Å². The van der Waals surface area contributed by atoms with E-state index in [0.717, 1.165) is 18.4 Å². The molecule has 0 radical (unpaired) electrons. The molecule has 142 valence electrons. The van der Waals surface area contributed by atoms with Crippen molar-refractivity contribution in [3.8, 4) is 11.4 Å². The Balaban J connectivity index is 1.31. The molecule has 7 heteroatoms. The van der Waals surface area contributed by atoms with Gasteiger partial charge in [-0.1, -0.05) is 12.1 Å². The molecular formula is C22H17N5O2. The lowest BCUT2D eigenvalue weighted by atomic mass is 10.1. The number of aromatic nitrogens is 4. The molecule has 0 spiro atoms. The van der Waals surface area contributed by atoms with Gasteiger partial charge in [-0.15, -0.1) is 10.2 Å². The van der Waals surface area contributed by atoms with E-state index in [1.807, 2.05) is 24.4 Å². The topological polar surface area (TPSA) is 89.2 Å². The Hall–Kier alpha value is -3.87. The SMILES string of the molecule is O=C(Nc1ccc(C(=O)C2CC2)cc1)c1ccc(-c2nnc3ncccn23)cc1. The molecule has 0 saturated heterocycles. The largest absolute Gasteiger partial charge is 0.322 e. The molecule has 1 saturated carbocycles. The fraction of sp³-hybridized carbons (Fsp3) is 0.136. The van der Waals surface area contributed by atoms with Gasteiger partial charge in [0, 0.05) is 40.7 Å². The van der Waals surface area contributed by atoms with Crippen molar-refractivity contribution in [3.63, 3.8) is 0 Å². The summed E-state index contributed by atoms with van der Waals surface area (Å²) in [6.45, 7) is 0. The van der Waals surface area contributed by atoms with Crippen molar-refractivity contribution in [2.24, 2.45) is 5.92 Å². The smallest absolute Gasteiger partial charge is 0.255 e. The van der Waals surface area contributed by atoms with E-state index in [9.17, 15) is 9.59 Å². The highest BCUT2D eigenvalue weighted by atomic mass is 16.1. The molecule has 0 atom stereocenters. The number of hydrogen-bond donors (Lipinski definition) is 1. The molecule has 1 N–H and O–H groups in total. The van der Waals surface area contributed by atoms with Gasteiger partial charge in [0.15, 0.2) is 11.6 Å². The Morgan fingerprint density at radius 2 is 1.66 bits per heavy atom. The third-order valence-corrected chi connectivity index (χ3v) is 4.97. The summed E-state index contributed by atoms with van der Waals surface area (Å²) in [7, 11) is 0. The monoisotopic (exact) mass is 383 g/mol. The molecule has 0 aliphatic heterocycles. The van der Waals surface area contributed by atoms with Crippen molar-refractivity contribution in [1.82, 2.24) is 19.6 Å². The van der Waals surface area contributed by atoms with Crippen LogP contribution in [0, 0.1) is 5.92 Å². The molecule has 1 fully saturated rings. The van der Waals surface area contributed by atoms with Crippen molar-refractivity contribution < 1.29 is 9.59 Å². The minimum Gasteiger partial charge on any atom is -0.322 e. The zero-order valence-electron chi connectivity index (χ0n) is 15.4. The second-order valence-corrected chi connectivity index (χ2v) is 7.06. The van der Waals surface area contributed by atoms with Crippen LogP contribution in [0.3, 0.4) is 0 Å². The molecule has 4 aromatic rings. The Bertz CT molecular complexity index is 1210. The maximum absolute atomic E-state index is 12.5. The number of nitrogens with zero attached hydrogens (tertiary/aromatic N) is 4. The van der Waals surface area contributed by atoms with Crippen molar-refractivity contribution in [2.45, 2.75) is 12.8 Å². The highest BCUT2D eigenvalue weighted by Gasteiger charge is 2.30. The first-order valence-corrected chi connectivity index (χ1v) is 9.41. The number of ketones is 1. The lowest BCUT2D eigenvalue weighted by Gasteiger charge is -2.07. The first kappa shape index (κ1) is 17.2. The zero-order valence-corrected chi connectivity index (χ0v) is 15.4. The molecule has 0 bridgehead atoms. The van der Waals surface area contributed by atoms with Crippen LogP contribution in [0.4, 0.5) is 5.69 Å². The summed E-state index contributed by atoms with van der Waals surface area (Å²) < 4.78 is 1.79. The fourth-order valence-electron chi connectivity index (χ4n) is 3.21. The van der Waals surface area contributed by atoms with Gasteiger partial charge in [-0.2, -0.15) is 0 Å². The zero-order chi connectivity index (χ0) is 19.8. The molecule has 2 aromatic heterocycles. The van der Waals surface area contributed by atoms with Gasteiger partial charge in [-0.05, 0) is 55.3 Å². The molecule has 2 heterocycles. The minimum absolute atomic E-state index is 0.187. The van der Waals surface area contributed by atoms with Crippen molar-refractivity contribution in [2.75, 3.05) is 5.32 Å². The summed E-state index contributed by atoms with van der Waals surface area (Å²) in [6.07, 6.45) is 5.47. The molecule has 0 unspecified atom stereocenters. The number of anilines is 1. The second kappa shape index (κ2) is 6.94. The number of benzene rings is 2. The molecular weight excluding hydrogens is 366 g/mol. The summed E-state index contributed by atoms with van der Waals surface area (Å²) in [4.78, 5) is 28.8. The minimum atomic E-state index is -0.217. The van der Waals surface area contributed by atoms with E-state index in [-0.39, 0.29) is 17.6 Å². The van der Waals surface area contributed by atoms with Crippen molar-refractivity contribution >= 4 is 23.2 Å². The number of hydrogen-bond acceptors (Lipinski definition) is 5. The molecule has 1 amide bonds. The summed E-state index contributed by atoms with van der Waals surface area (Å²) >= 11 is 0. The predicted molar refractivity (Wildman–Crippen MR) is 108 cm³/mol.